The fraction of sp³-hybridized carbons (Fsp3) is 0.209. The van der Waals surface area contributed by atoms with Gasteiger partial charge in [0.25, 0.3) is 10.0 Å². The number of hydrogen-bond acceptors (Lipinski definition) is 15. The Kier molecular flexibility index (Phi) is 24.7. The zero-order valence-corrected chi connectivity index (χ0v) is 54.1. The van der Waals surface area contributed by atoms with Crippen LogP contribution in [-0.2, 0) is 48.6 Å². The second-order valence-electron chi connectivity index (χ2n) is 21.5. The number of ketones is 1. The van der Waals surface area contributed by atoms with Gasteiger partial charge in [-0.15, -0.1) is 0 Å². The van der Waals surface area contributed by atoms with Gasteiger partial charge in [0.05, 0.1) is 45.0 Å². The molecule has 99 heavy (non-hydrogen) atoms. The maximum atomic E-state index is 16.1. The van der Waals surface area contributed by atoms with Crippen molar-refractivity contribution >= 4 is 87.3 Å². The van der Waals surface area contributed by atoms with Gasteiger partial charge in [-0.25, -0.2) is 26.9 Å². The number of rotatable bonds is 30. The first-order valence-electron chi connectivity index (χ1n) is 29.8. The normalized spacial score (nSPS) is 11.7. The van der Waals surface area contributed by atoms with Crippen LogP contribution in [0.2, 0.25) is 5.02 Å². The summed E-state index contributed by atoms with van der Waals surface area (Å²) in [5.41, 5.74) is -0.979. The molecule has 0 fully saturated rings. The average Bonchev–Trinajstić information content (AvgIpc) is 0.771. The Balaban J connectivity index is 0.738. The number of halogens is 9. The molecular weight excluding hydrogens is 1370 g/mol. The predicted octanol–water partition coefficient (Wildman–Crippen LogP) is 16.2. The molecule has 0 aliphatic rings. The van der Waals surface area contributed by atoms with E-state index in [-0.39, 0.29) is 100 Å². The van der Waals surface area contributed by atoms with Gasteiger partial charge >= 0.3 is 37.7 Å². The quantitative estimate of drug-likeness (QED) is 0.00609. The Morgan fingerprint density at radius 2 is 1.23 bits per heavy atom. The predicted molar refractivity (Wildman–Crippen MR) is 350 cm³/mol. The minimum atomic E-state index is -5.38. The van der Waals surface area contributed by atoms with Crippen molar-refractivity contribution in [3.05, 3.63) is 215 Å². The molecule has 0 spiro atoms. The van der Waals surface area contributed by atoms with E-state index < -0.39 is 99.9 Å². The molecule has 32 heteroatoms. The number of Topliss-reactive ketones (excluding diaryl/α,β-unsaturated/α-hetero) is 1. The number of nitrogen functional groups attached to an aromatic ring is 1. The number of aromatic nitrogens is 1. The molecule has 518 valence electrons. The highest BCUT2D eigenvalue weighted by Crippen LogP contribution is 2.66. The Morgan fingerprint density at radius 1 is 0.606 bits per heavy atom. The first-order chi connectivity index (χ1) is 47.0. The summed E-state index contributed by atoms with van der Waals surface area (Å²) >= 11 is 5.65. The fourth-order valence-electron chi connectivity index (χ4n) is 9.30. The van der Waals surface area contributed by atoms with E-state index in [4.69, 9.17) is 35.9 Å². The first-order valence-corrected chi connectivity index (χ1v) is 33.2. The molecule has 8 aromatic rings. The lowest BCUT2D eigenvalue weighted by atomic mass is 10.0. The third-order valence-electron chi connectivity index (χ3n) is 14.2. The van der Waals surface area contributed by atoms with E-state index in [1.54, 1.807) is 30.3 Å². The number of carbonyl (C=O) groups excluding carboxylic acids is 5. The molecule has 0 aliphatic heterocycles. The van der Waals surface area contributed by atoms with Crippen LogP contribution in [0.5, 0.6) is 28.7 Å². The van der Waals surface area contributed by atoms with Crippen molar-refractivity contribution in [2.24, 2.45) is 0 Å². The number of carbonyl (C=O) groups is 5. The van der Waals surface area contributed by atoms with Gasteiger partial charge in [0, 0.05) is 66.3 Å². The number of anilines is 5. The molecule has 21 nitrogen and oxygen atoms in total. The lowest BCUT2D eigenvalue weighted by molar-refractivity contribution is -0.138. The largest absolute Gasteiger partial charge is 0.504 e. The van der Waals surface area contributed by atoms with Gasteiger partial charge < -0.3 is 50.8 Å². The zero-order chi connectivity index (χ0) is 71.5. The lowest BCUT2D eigenvalue weighted by Crippen LogP contribution is -2.37. The van der Waals surface area contributed by atoms with E-state index in [2.05, 4.69) is 31.6 Å². The number of aryl methyl sites for hydroxylation is 1. The lowest BCUT2D eigenvalue weighted by Gasteiger charge is -2.27. The summed E-state index contributed by atoms with van der Waals surface area (Å²) in [6.07, 6.45) is -6.94. The van der Waals surface area contributed by atoms with Gasteiger partial charge in [-0.3, -0.25) is 19.4 Å². The zero-order valence-electron chi connectivity index (χ0n) is 51.7. The number of alkyl halides is 8. The molecule has 6 amide bonds. The average molecular weight is 1430 g/mol. The number of nitriles is 1. The minimum Gasteiger partial charge on any atom is -0.492 e. The SMILES string of the molecule is N#CCN(C(=O)CCCC(=O)NCCOc1cc(NC(=O)Nc2ccc(C(F)(F)P(=O)(Oc3ccccc3)Oc3ccccc3)cc2)cc(C(F)(F)F)c1)S(=O)(=O)c1ccc(CCCCCC(=O)c2cc(Oc3ccc(NC(=O)Nc4ccc(Cl)c(C(F)(F)F)c4)c(N)c3)ccn2)cc1. The van der Waals surface area contributed by atoms with Crippen molar-refractivity contribution in [2.45, 2.75) is 74.3 Å². The van der Waals surface area contributed by atoms with Crippen LogP contribution in [0.15, 0.2) is 187 Å². The maximum Gasteiger partial charge on any atom is 0.504 e. The van der Waals surface area contributed by atoms with Gasteiger partial charge in [-0.2, -0.15) is 40.4 Å². The molecule has 0 aliphatic carbocycles. The van der Waals surface area contributed by atoms with Gasteiger partial charge in [0.1, 0.15) is 47.6 Å². The second kappa shape index (κ2) is 33.0. The van der Waals surface area contributed by atoms with Crippen LogP contribution in [0.25, 0.3) is 0 Å². The van der Waals surface area contributed by atoms with Crippen molar-refractivity contribution < 1.29 is 90.6 Å². The monoisotopic (exact) mass is 1430 g/mol. The fourth-order valence-corrected chi connectivity index (χ4v) is 12.4. The summed E-state index contributed by atoms with van der Waals surface area (Å²) in [6.45, 7) is -1.48. The van der Waals surface area contributed by atoms with Crippen molar-refractivity contribution in [1.29, 1.82) is 5.26 Å². The maximum absolute atomic E-state index is 16.1. The summed E-state index contributed by atoms with van der Waals surface area (Å²) < 4.78 is 178. The Morgan fingerprint density at radius 3 is 1.87 bits per heavy atom. The Bertz CT molecular complexity index is 4360. The van der Waals surface area contributed by atoms with Gasteiger partial charge in [-0.05, 0) is 128 Å². The van der Waals surface area contributed by atoms with Gasteiger partial charge in [0.15, 0.2) is 5.78 Å². The number of hydrogen-bond donors (Lipinski definition) is 6. The molecule has 0 saturated carbocycles. The molecule has 0 bridgehead atoms. The first kappa shape index (κ1) is 74.0. The van der Waals surface area contributed by atoms with E-state index in [1.807, 2.05) is 0 Å². The molecule has 7 aromatic carbocycles. The number of nitrogens with two attached hydrogens (primary N) is 1. The van der Waals surface area contributed by atoms with Gasteiger partial charge in [0.2, 0.25) is 11.8 Å². The summed E-state index contributed by atoms with van der Waals surface area (Å²) in [7, 11) is -9.92. The van der Waals surface area contributed by atoms with Crippen LogP contribution in [-0.4, -0.2) is 67.1 Å². The number of nitrogens with one attached hydrogen (secondary N) is 5. The third-order valence-corrected chi connectivity index (χ3v) is 18.1. The highest BCUT2D eigenvalue weighted by molar-refractivity contribution is 7.89. The number of sulfonamides is 1. The number of ether oxygens (including phenoxy) is 2. The van der Waals surface area contributed by atoms with Crippen LogP contribution >= 0.6 is 19.2 Å². The summed E-state index contributed by atoms with van der Waals surface area (Å²) in [5, 5.41) is 20.7. The summed E-state index contributed by atoms with van der Waals surface area (Å²) in [4.78, 5) is 68.5. The van der Waals surface area contributed by atoms with E-state index in [0.29, 0.717) is 48.2 Å². The van der Waals surface area contributed by atoms with E-state index in [0.717, 1.165) is 42.0 Å². The number of unbranched alkanes of at least 4 members (excludes halogenated alkanes) is 2. The van der Waals surface area contributed by atoms with E-state index in [9.17, 15) is 68.6 Å². The van der Waals surface area contributed by atoms with Crippen molar-refractivity contribution in [2.75, 3.05) is 46.7 Å². The molecule has 1 heterocycles. The number of urea groups is 2. The molecule has 7 N–H and O–H groups in total. The smallest absolute Gasteiger partial charge is 0.492 e. The van der Waals surface area contributed by atoms with Crippen molar-refractivity contribution in [3.63, 3.8) is 0 Å². The second-order valence-corrected chi connectivity index (χ2v) is 25.7. The molecule has 0 radical (unpaired) electrons. The van der Waals surface area contributed by atoms with Gasteiger partial charge in [-0.1, -0.05) is 78.7 Å². The summed E-state index contributed by atoms with van der Waals surface area (Å²) in [5.74, 6) is -2.13. The van der Waals surface area contributed by atoms with E-state index >= 15 is 8.78 Å². The number of benzene rings is 7. The molecule has 0 saturated heterocycles. The Labute approximate surface area is 566 Å². The minimum absolute atomic E-state index is 0.0490. The number of para-hydroxylation sites is 2. The van der Waals surface area contributed by atoms with Crippen LogP contribution in [0.3, 0.4) is 0 Å². The Hall–Kier alpha value is -10.8. The van der Waals surface area contributed by atoms with Crippen LogP contribution in [0.4, 0.5) is 73.1 Å². The molecule has 1 aromatic heterocycles. The van der Waals surface area contributed by atoms with Crippen molar-refractivity contribution in [3.8, 4) is 34.8 Å². The standard InChI is InChI=1S/C67H59ClF8N9O12PS/c68-56-29-25-47(40-55(56)66(72,73)74)82-64(90)84-58-30-26-51(41-57(58)78)95-52-31-33-79-59(42-52)60(86)16-9-1-4-11-43-19-27-54(28-20-43)99(92,93)85(35-32-77)62(88)18-10-17-61(87)80-34-36-94-53-38-45(65(69,70)71)37-48(39-53)83-63(89)81-46-23-21-44(22-24-46)67(75,76)98(91,96-49-12-5-2-6-13-49)97-50-14-7-3-8-15-50/h2-3,5-8,12-15,19-31,33,37-42H,1,4,9-11,16-18,34-36,78H2,(H,80,87)(H2,81,83,89)(H2,82,84,90). The molecule has 0 atom stereocenters. The van der Waals surface area contributed by atoms with Crippen LogP contribution in [0, 0.1) is 11.3 Å². The molecular formula is C67H59ClF8N9O12PS. The topological polar surface area (TPSA) is 300 Å². The third kappa shape index (κ3) is 20.9. The van der Waals surface area contributed by atoms with Crippen LogP contribution in [0.1, 0.15) is 77.7 Å². The molecule has 8 rings (SSSR count). The van der Waals surface area contributed by atoms with Crippen LogP contribution < -0.4 is 50.8 Å². The highest BCUT2D eigenvalue weighted by atomic mass is 35.5. The highest BCUT2D eigenvalue weighted by Gasteiger charge is 2.58. The number of nitrogens with zero attached hydrogens (tertiary/aromatic N) is 3. The number of amides is 6. The van der Waals surface area contributed by atoms with Crippen molar-refractivity contribution in [1.82, 2.24) is 14.6 Å². The van der Waals surface area contributed by atoms with E-state index in [1.165, 1.54) is 103 Å². The summed E-state index contributed by atoms with van der Waals surface area (Å²) in [6, 6.07) is 35.8. The number of pyridine rings is 1. The molecule has 0 unspecified atom stereocenters.